The molecule has 1 saturated carbocycles. The van der Waals surface area contributed by atoms with Crippen LogP contribution in [0.25, 0.3) is 0 Å². The minimum atomic E-state index is -0.0997. The van der Waals surface area contributed by atoms with Crippen molar-refractivity contribution in [3.05, 3.63) is 27.7 Å². The summed E-state index contributed by atoms with van der Waals surface area (Å²) in [5, 5.41) is 1.16. The fraction of sp³-hybridized carbons (Fsp3) is 0.500. The Bertz CT molecular complexity index is 513. The molecule has 96 valence electrons. The summed E-state index contributed by atoms with van der Waals surface area (Å²) < 4.78 is 5.67. The van der Waals surface area contributed by atoms with Crippen LogP contribution in [0.3, 0.4) is 0 Å². The van der Waals surface area contributed by atoms with Gasteiger partial charge in [0.25, 0.3) is 0 Å². The van der Waals surface area contributed by atoms with E-state index in [4.69, 9.17) is 27.9 Å². The van der Waals surface area contributed by atoms with Gasteiger partial charge in [0, 0.05) is 28.8 Å². The largest absolute Gasteiger partial charge is 0.492 e. The molecule has 4 heteroatoms. The number of halogens is 2. The van der Waals surface area contributed by atoms with Crippen molar-refractivity contribution >= 4 is 29.0 Å². The van der Waals surface area contributed by atoms with Crippen LogP contribution in [0.15, 0.2) is 12.1 Å². The highest BCUT2D eigenvalue weighted by atomic mass is 35.5. The predicted molar refractivity (Wildman–Crippen MR) is 71.7 cm³/mol. The molecule has 0 amide bonds. The maximum Gasteiger partial charge on any atom is 0.141 e. The molecule has 1 aliphatic carbocycles. The molecule has 1 aromatic carbocycles. The van der Waals surface area contributed by atoms with Gasteiger partial charge in [0.05, 0.1) is 11.6 Å². The highest BCUT2D eigenvalue weighted by Gasteiger charge is 2.42. The van der Waals surface area contributed by atoms with E-state index in [0.717, 1.165) is 30.6 Å². The monoisotopic (exact) mass is 284 g/mol. The lowest BCUT2D eigenvalue weighted by atomic mass is 9.66. The van der Waals surface area contributed by atoms with E-state index in [1.807, 2.05) is 6.07 Å². The van der Waals surface area contributed by atoms with Crippen LogP contribution >= 0.6 is 23.2 Å². The zero-order valence-corrected chi connectivity index (χ0v) is 11.5. The maximum atomic E-state index is 11.8. The molecular weight excluding hydrogens is 271 g/mol. The lowest BCUT2D eigenvalue weighted by Gasteiger charge is -2.41. The third kappa shape index (κ3) is 1.92. The molecule has 1 aliphatic heterocycles. The number of carbonyl (C=O) groups excluding carboxylic acids is 1. The summed E-state index contributed by atoms with van der Waals surface area (Å²) in [5.41, 5.74) is 0.927. The van der Waals surface area contributed by atoms with Crippen molar-refractivity contribution < 1.29 is 9.53 Å². The first-order valence-corrected chi connectivity index (χ1v) is 7.00. The van der Waals surface area contributed by atoms with E-state index in [-0.39, 0.29) is 5.41 Å². The molecule has 1 heterocycles. The van der Waals surface area contributed by atoms with Gasteiger partial charge in [0.2, 0.25) is 0 Å². The highest BCUT2D eigenvalue weighted by Crippen LogP contribution is 2.50. The Kier molecular flexibility index (Phi) is 3.03. The van der Waals surface area contributed by atoms with Gasteiger partial charge in [-0.05, 0) is 31.4 Å². The molecule has 2 nitrogen and oxygen atoms in total. The Morgan fingerprint density at radius 3 is 2.83 bits per heavy atom. The Morgan fingerprint density at radius 2 is 2.06 bits per heavy atom. The van der Waals surface area contributed by atoms with E-state index < -0.39 is 0 Å². The predicted octanol–water partition coefficient (Wildman–Crippen LogP) is 4.16. The molecule has 1 aromatic rings. The summed E-state index contributed by atoms with van der Waals surface area (Å²) in [6.45, 7) is 0.627. The third-order valence-corrected chi connectivity index (χ3v) is 4.55. The molecule has 0 N–H and O–H groups in total. The van der Waals surface area contributed by atoms with Crippen LogP contribution in [-0.4, -0.2) is 12.4 Å². The molecule has 1 atom stereocenters. The van der Waals surface area contributed by atoms with Crippen LogP contribution in [0.4, 0.5) is 0 Å². The SMILES string of the molecule is O=C1CCCC2(CCOc3c(Cl)cc(Cl)cc32)C1. The Morgan fingerprint density at radius 1 is 1.22 bits per heavy atom. The molecule has 2 aliphatic rings. The maximum absolute atomic E-state index is 11.8. The second-order valence-corrected chi connectivity index (χ2v) is 6.06. The van der Waals surface area contributed by atoms with Crippen molar-refractivity contribution in [1.82, 2.24) is 0 Å². The minimum absolute atomic E-state index is 0.0997. The van der Waals surface area contributed by atoms with Gasteiger partial charge in [-0.3, -0.25) is 4.79 Å². The van der Waals surface area contributed by atoms with E-state index in [1.165, 1.54) is 0 Å². The number of ketones is 1. The molecule has 0 radical (unpaired) electrons. The van der Waals surface area contributed by atoms with Gasteiger partial charge >= 0.3 is 0 Å². The number of hydrogen-bond donors (Lipinski definition) is 0. The molecule has 18 heavy (non-hydrogen) atoms. The van der Waals surface area contributed by atoms with E-state index in [2.05, 4.69) is 0 Å². The standard InChI is InChI=1S/C14H14Cl2O2/c15-9-6-11-13(12(16)7-9)18-5-4-14(11)3-1-2-10(17)8-14/h6-7H,1-5,8H2. The molecule has 3 rings (SSSR count). The second-order valence-electron chi connectivity index (χ2n) is 5.21. The summed E-state index contributed by atoms with van der Waals surface area (Å²) in [7, 11) is 0. The van der Waals surface area contributed by atoms with E-state index in [9.17, 15) is 4.79 Å². The van der Waals surface area contributed by atoms with Crippen molar-refractivity contribution in [3.8, 4) is 5.75 Å². The van der Waals surface area contributed by atoms with Crippen LogP contribution in [0.1, 0.15) is 37.7 Å². The zero-order chi connectivity index (χ0) is 12.8. The molecule has 1 fully saturated rings. The number of hydrogen-bond acceptors (Lipinski definition) is 2. The fourth-order valence-corrected chi connectivity index (χ4v) is 3.75. The van der Waals surface area contributed by atoms with Crippen LogP contribution in [0.5, 0.6) is 5.75 Å². The van der Waals surface area contributed by atoms with Crippen LogP contribution in [0.2, 0.25) is 10.0 Å². The van der Waals surface area contributed by atoms with E-state index >= 15 is 0 Å². The Hall–Kier alpha value is -0.730. The minimum Gasteiger partial charge on any atom is -0.492 e. The summed E-state index contributed by atoms with van der Waals surface area (Å²) in [6.07, 6.45) is 4.14. The lowest BCUT2D eigenvalue weighted by Crippen LogP contribution is -2.38. The molecule has 0 aromatic heterocycles. The lowest BCUT2D eigenvalue weighted by molar-refractivity contribution is -0.122. The van der Waals surface area contributed by atoms with Crippen molar-refractivity contribution in [3.63, 3.8) is 0 Å². The quantitative estimate of drug-likeness (QED) is 0.715. The van der Waals surface area contributed by atoms with Gasteiger partial charge in [0.1, 0.15) is 11.5 Å². The average molecular weight is 285 g/mol. The van der Waals surface area contributed by atoms with Gasteiger partial charge in [-0.2, -0.15) is 0 Å². The third-order valence-electron chi connectivity index (χ3n) is 4.05. The van der Waals surface area contributed by atoms with Gasteiger partial charge in [-0.15, -0.1) is 0 Å². The number of rotatable bonds is 0. The smallest absolute Gasteiger partial charge is 0.141 e. The van der Waals surface area contributed by atoms with Gasteiger partial charge < -0.3 is 4.74 Å². The van der Waals surface area contributed by atoms with Crippen molar-refractivity contribution in [2.45, 2.75) is 37.5 Å². The molecule has 0 saturated heterocycles. The molecule has 1 unspecified atom stereocenters. The van der Waals surface area contributed by atoms with Crippen molar-refractivity contribution in [2.75, 3.05) is 6.61 Å². The number of carbonyl (C=O) groups is 1. The van der Waals surface area contributed by atoms with Crippen LogP contribution in [-0.2, 0) is 10.2 Å². The number of ether oxygens (including phenoxy) is 1. The van der Waals surface area contributed by atoms with Crippen molar-refractivity contribution in [2.24, 2.45) is 0 Å². The van der Waals surface area contributed by atoms with Gasteiger partial charge in [0.15, 0.2) is 0 Å². The second kappa shape index (κ2) is 4.43. The van der Waals surface area contributed by atoms with Crippen molar-refractivity contribution in [1.29, 1.82) is 0 Å². The van der Waals surface area contributed by atoms with Crippen LogP contribution < -0.4 is 4.74 Å². The average Bonchev–Trinajstić information content (AvgIpc) is 2.31. The fourth-order valence-electron chi connectivity index (χ4n) is 3.21. The summed E-state index contributed by atoms with van der Waals surface area (Å²) in [4.78, 5) is 11.8. The number of fused-ring (bicyclic) bond motifs is 2. The van der Waals surface area contributed by atoms with Gasteiger partial charge in [-0.1, -0.05) is 23.2 Å². The first-order chi connectivity index (χ1) is 8.61. The Balaban J connectivity index is 2.13. The summed E-state index contributed by atoms with van der Waals surface area (Å²) in [6, 6.07) is 3.62. The molecule has 1 spiro atoms. The van der Waals surface area contributed by atoms with Crippen LogP contribution in [0, 0.1) is 0 Å². The normalized spacial score (nSPS) is 26.9. The topological polar surface area (TPSA) is 26.3 Å². The first-order valence-electron chi connectivity index (χ1n) is 6.25. The summed E-state index contributed by atoms with van der Waals surface area (Å²) >= 11 is 12.3. The number of Topliss-reactive ketones (excluding diaryl/α,β-unsaturated/α-hetero) is 1. The van der Waals surface area contributed by atoms with E-state index in [0.29, 0.717) is 35.3 Å². The van der Waals surface area contributed by atoms with E-state index in [1.54, 1.807) is 6.07 Å². The van der Waals surface area contributed by atoms with Gasteiger partial charge in [-0.25, -0.2) is 0 Å². The first kappa shape index (κ1) is 12.3. The number of benzene rings is 1. The summed E-state index contributed by atoms with van der Waals surface area (Å²) in [5.74, 6) is 1.06. The Labute approximate surface area is 116 Å². The highest BCUT2D eigenvalue weighted by molar-refractivity contribution is 6.35. The zero-order valence-electron chi connectivity index (χ0n) is 9.97. The molecule has 0 bridgehead atoms. The molecular formula is C14H14Cl2O2.